The lowest BCUT2D eigenvalue weighted by molar-refractivity contribution is -0.131. The summed E-state index contributed by atoms with van der Waals surface area (Å²) in [6, 6.07) is 6.24. The zero-order chi connectivity index (χ0) is 20.3. The summed E-state index contributed by atoms with van der Waals surface area (Å²) >= 11 is 4.55. The number of Topliss-reactive ketones (excluding diaryl/α,β-unsaturated/α-hetero) is 1. The van der Waals surface area contributed by atoms with Crippen LogP contribution >= 0.6 is 27.3 Å². The molecule has 2 heterocycles. The van der Waals surface area contributed by atoms with Gasteiger partial charge in [0, 0.05) is 19.0 Å². The fourth-order valence-corrected chi connectivity index (χ4v) is 4.39. The molecule has 3 rings (SSSR count). The number of nitrogens with zero attached hydrogens (tertiary/aromatic N) is 1. The third-order valence-electron chi connectivity index (χ3n) is 4.61. The van der Waals surface area contributed by atoms with Gasteiger partial charge in [0.25, 0.3) is 5.91 Å². The third kappa shape index (κ3) is 4.82. The van der Waals surface area contributed by atoms with Crippen molar-refractivity contribution >= 4 is 44.9 Å². The van der Waals surface area contributed by atoms with Gasteiger partial charge in [0.1, 0.15) is 11.6 Å². The maximum atomic E-state index is 13.8. The summed E-state index contributed by atoms with van der Waals surface area (Å²) in [5.41, 5.74) is -0.251. The standard InChI is InChI=1S/C19H17BrF2N2O3S/c20-16-4-3-15(28-16)19(27)23-10-17(25)24-7-5-11(6-8-24)18(26)13-9-12(21)1-2-14(13)22/h1-4,9,11H,5-8,10H2,(H,23,27). The summed E-state index contributed by atoms with van der Waals surface area (Å²) in [6.07, 6.45) is 0.735. The molecule has 1 N–H and O–H groups in total. The van der Waals surface area contributed by atoms with Gasteiger partial charge in [-0.1, -0.05) is 0 Å². The van der Waals surface area contributed by atoms with Crippen LogP contribution in [0.1, 0.15) is 32.9 Å². The molecule has 0 unspecified atom stereocenters. The number of hydrogen-bond acceptors (Lipinski definition) is 4. The molecule has 1 aromatic heterocycles. The molecule has 1 aromatic carbocycles. The van der Waals surface area contributed by atoms with Crippen molar-refractivity contribution in [3.8, 4) is 0 Å². The summed E-state index contributed by atoms with van der Waals surface area (Å²) in [6.45, 7) is 0.519. The highest BCUT2D eigenvalue weighted by molar-refractivity contribution is 9.11. The Labute approximate surface area is 172 Å². The average Bonchev–Trinajstić information content (AvgIpc) is 3.13. The van der Waals surface area contributed by atoms with Gasteiger partial charge in [-0.15, -0.1) is 11.3 Å². The largest absolute Gasteiger partial charge is 0.342 e. The highest BCUT2D eigenvalue weighted by atomic mass is 79.9. The van der Waals surface area contributed by atoms with E-state index in [0.29, 0.717) is 30.8 Å². The number of hydrogen-bond donors (Lipinski definition) is 1. The van der Waals surface area contributed by atoms with E-state index < -0.39 is 23.3 Å². The molecule has 0 saturated carbocycles. The molecule has 1 saturated heterocycles. The van der Waals surface area contributed by atoms with Crippen LogP contribution in [0, 0.1) is 17.6 Å². The Hall–Kier alpha value is -2.13. The monoisotopic (exact) mass is 470 g/mol. The smallest absolute Gasteiger partial charge is 0.261 e. The van der Waals surface area contributed by atoms with E-state index in [1.165, 1.54) is 11.3 Å². The SMILES string of the molecule is O=C(NCC(=O)N1CCC(C(=O)c2cc(F)ccc2F)CC1)c1ccc(Br)s1. The van der Waals surface area contributed by atoms with Crippen LogP contribution in [-0.4, -0.2) is 42.1 Å². The Balaban J connectivity index is 1.50. The molecular weight excluding hydrogens is 454 g/mol. The molecule has 2 amide bonds. The number of carbonyl (C=O) groups is 3. The Bertz CT molecular complexity index is 910. The van der Waals surface area contributed by atoms with E-state index in [-0.39, 0.29) is 23.9 Å². The van der Waals surface area contributed by atoms with E-state index in [9.17, 15) is 23.2 Å². The van der Waals surface area contributed by atoms with Crippen LogP contribution in [0.3, 0.4) is 0 Å². The van der Waals surface area contributed by atoms with Crippen molar-refractivity contribution < 1.29 is 23.2 Å². The highest BCUT2D eigenvalue weighted by Crippen LogP contribution is 2.24. The molecular formula is C19H17BrF2N2O3S. The first-order valence-electron chi connectivity index (χ1n) is 8.65. The fourth-order valence-electron chi connectivity index (χ4n) is 3.09. The molecule has 0 bridgehead atoms. The molecule has 0 atom stereocenters. The average molecular weight is 471 g/mol. The molecule has 1 aliphatic rings. The molecule has 5 nitrogen and oxygen atoms in total. The second-order valence-corrected chi connectivity index (χ2v) is 8.89. The molecule has 1 fully saturated rings. The molecule has 9 heteroatoms. The van der Waals surface area contributed by atoms with Crippen LogP contribution in [0.25, 0.3) is 0 Å². The number of carbonyl (C=O) groups excluding carboxylic acids is 3. The van der Waals surface area contributed by atoms with Crippen molar-refractivity contribution in [2.24, 2.45) is 5.92 Å². The molecule has 1 aliphatic heterocycles. The lowest BCUT2D eigenvalue weighted by atomic mass is 9.88. The van der Waals surface area contributed by atoms with E-state index in [1.807, 2.05) is 0 Å². The summed E-state index contributed by atoms with van der Waals surface area (Å²) < 4.78 is 27.9. The molecule has 0 spiro atoms. The highest BCUT2D eigenvalue weighted by Gasteiger charge is 2.29. The van der Waals surface area contributed by atoms with Crippen LogP contribution in [0.4, 0.5) is 8.78 Å². The van der Waals surface area contributed by atoms with Crippen molar-refractivity contribution in [1.29, 1.82) is 0 Å². The first kappa shape index (κ1) is 20.6. The van der Waals surface area contributed by atoms with Crippen molar-refractivity contribution in [1.82, 2.24) is 10.2 Å². The minimum Gasteiger partial charge on any atom is -0.342 e. The molecule has 28 heavy (non-hydrogen) atoms. The van der Waals surface area contributed by atoms with Crippen molar-refractivity contribution in [3.63, 3.8) is 0 Å². The van der Waals surface area contributed by atoms with Crippen molar-refractivity contribution in [2.75, 3.05) is 19.6 Å². The van der Waals surface area contributed by atoms with Gasteiger partial charge in [-0.2, -0.15) is 0 Å². The van der Waals surface area contributed by atoms with Gasteiger partial charge in [0.15, 0.2) is 5.78 Å². The number of ketones is 1. The van der Waals surface area contributed by atoms with Crippen LogP contribution < -0.4 is 5.32 Å². The molecule has 0 radical (unpaired) electrons. The third-order valence-corrected chi connectivity index (χ3v) is 6.23. The molecule has 2 aromatic rings. The van der Waals surface area contributed by atoms with Crippen LogP contribution in [0.15, 0.2) is 34.1 Å². The van der Waals surface area contributed by atoms with Gasteiger partial charge in [-0.25, -0.2) is 8.78 Å². The lowest BCUT2D eigenvalue weighted by Gasteiger charge is -2.31. The maximum absolute atomic E-state index is 13.8. The van der Waals surface area contributed by atoms with Gasteiger partial charge >= 0.3 is 0 Å². The number of nitrogens with one attached hydrogen (secondary N) is 1. The number of amides is 2. The van der Waals surface area contributed by atoms with E-state index in [2.05, 4.69) is 21.2 Å². The van der Waals surface area contributed by atoms with Gasteiger partial charge in [-0.3, -0.25) is 14.4 Å². The molecule has 148 valence electrons. The second kappa shape index (κ2) is 8.91. The topological polar surface area (TPSA) is 66.5 Å². The Morgan fingerprint density at radius 2 is 1.86 bits per heavy atom. The summed E-state index contributed by atoms with van der Waals surface area (Å²) in [7, 11) is 0. The van der Waals surface area contributed by atoms with E-state index in [1.54, 1.807) is 17.0 Å². The minimum absolute atomic E-state index is 0.133. The fraction of sp³-hybridized carbons (Fsp3) is 0.316. The lowest BCUT2D eigenvalue weighted by Crippen LogP contribution is -2.45. The van der Waals surface area contributed by atoms with Crippen LogP contribution in [-0.2, 0) is 4.79 Å². The summed E-state index contributed by atoms with van der Waals surface area (Å²) in [5.74, 6) is -2.87. The van der Waals surface area contributed by atoms with Gasteiger partial charge in [0.05, 0.1) is 20.8 Å². The Kier molecular flexibility index (Phi) is 6.56. The molecule has 0 aliphatic carbocycles. The maximum Gasteiger partial charge on any atom is 0.261 e. The predicted octanol–water partition coefficient (Wildman–Crippen LogP) is 3.64. The van der Waals surface area contributed by atoms with Gasteiger partial charge in [-0.05, 0) is 59.1 Å². The summed E-state index contributed by atoms with van der Waals surface area (Å²) in [4.78, 5) is 38.8. The number of piperidine rings is 1. The summed E-state index contributed by atoms with van der Waals surface area (Å²) in [5, 5.41) is 2.58. The van der Waals surface area contributed by atoms with E-state index >= 15 is 0 Å². The van der Waals surface area contributed by atoms with Gasteiger partial charge in [0.2, 0.25) is 5.91 Å². The Morgan fingerprint density at radius 1 is 1.14 bits per heavy atom. The quantitative estimate of drug-likeness (QED) is 0.678. The number of rotatable bonds is 5. The number of benzene rings is 1. The first-order valence-corrected chi connectivity index (χ1v) is 10.3. The first-order chi connectivity index (χ1) is 13.3. The van der Waals surface area contributed by atoms with E-state index in [0.717, 1.165) is 22.0 Å². The van der Waals surface area contributed by atoms with Gasteiger partial charge < -0.3 is 10.2 Å². The normalized spacial score (nSPS) is 14.8. The zero-order valence-corrected chi connectivity index (χ0v) is 17.1. The predicted molar refractivity (Wildman–Crippen MR) is 104 cm³/mol. The number of halogens is 3. The van der Waals surface area contributed by atoms with Crippen molar-refractivity contribution in [3.05, 3.63) is 56.2 Å². The number of likely N-dealkylation sites (tertiary alicyclic amines) is 1. The van der Waals surface area contributed by atoms with Crippen molar-refractivity contribution in [2.45, 2.75) is 12.8 Å². The zero-order valence-electron chi connectivity index (χ0n) is 14.7. The second-order valence-electron chi connectivity index (χ2n) is 6.43. The minimum atomic E-state index is -0.743. The Morgan fingerprint density at radius 3 is 2.50 bits per heavy atom. The number of thiophene rings is 1. The van der Waals surface area contributed by atoms with Crippen LogP contribution in [0.5, 0.6) is 0 Å². The van der Waals surface area contributed by atoms with E-state index in [4.69, 9.17) is 0 Å². The van der Waals surface area contributed by atoms with Crippen LogP contribution in [0.2, 0.25) is 0 Å².